The first-order valence-corrected chi connectivity index (χ1v) is 12.9. The zero-order chi connectivity index (χ0) is 27.1. The van der Waals surface area contributed by atoms with Crippen LogP contribution in [0.1, 0.15) is 68.6 Å². The molecule has 0 aliphatic heterocycles. The van der Waals surface area contributed by atoms with Crippen molar-refractivity contribution in [3.63, 3.8) is 0 Å². The molecule has 36 heavy (non-hydrogen) atoms. The van der Waals surface area contributed by atoms with Crippen LogP contribution in [0.4, 0.5) is 13.2 Å². The molecule has 0 spiro atoms. The van der Waals surface area contributed by atoms with Gasteiger partial charge in [-0.2, -0.15) is 18.4 Å². The van der Waals surface area contributed by atoms with Crippen molar-refractivity contribution in [1.82, 2.24) is 4.57 Å². The summed E-state index contributed by atoms with van der Waals surface area (Å²) >= 11 is 0. The molecule has 0 atom stereocenters. The monoisotopic (exact) mass is 514 g/mol. The maximum absolute atomic E-state index is 13.8. The van der Waals surface area contributed by atoms with Crippen molar-refractivity contribution in [3.05, 3.63) is 87.6 Å². The van der Waals surface area contributed by atoms with Gasteiger partial charge in [0.05, 0.1) is 16.1 Å². The normalized spacial score (nSPS) is 13.2. The van der Waals surface area contributed by atoms with E-state index in [0.717, 1.165) is 6.07 Å². The number of alkyl halides is 3. The number of nitrogens with zero attached hydrogens (tertiary/aromatic N) is 2. The summed E-state index contributed by atoms with van der Waals surface area (Å²) in [6.07, 6.45) is -3.32. The third-order valence-corrected chi connectivity index (χ3v) is 7.75. The molecule has 0 unspecified atom stereocenters. The van der Waals surface area contributed by atoms with Gasteiger partial charge in [0.1, 0.15) is 11.0 Å². The molecule has 0 aliphatic rings. The van der Waals surface area contributed by atoms with Gasteiger partial charge in [-0.1, -0.05) is 65.0 Å². The first-order chi connectivity index (χ1) is 16.6. The second-order valence-corrected chi connectivity index (χ2v) is 11.9. The molecular formula is C28H29F3N2O2S. The summed E-state index contributed by atoms with van der Waals surface area (Å²) in [6, 6.07) is 15.2. The molecule has 1 heterocycles. The van der Waals surface area contributed by atoms with Crippen molar-refractivity contribution in [2.45, 2.75) is 63.9 Å². The molecule has 2 aromatic carbocycles. The van der Waals surface area contributed by atoms with E-state index in [9.17, 15) is 26.9 Å². The molecule has 0 N–H and O–H groups in total. The minimum Gasteiger partial charge on any atom is -0.317 e. The topological polar surface area (TPSA) is 62.9 Å². The van der Waals surface area contributed by atoms with Crippen molar-refractivity contribution < 1.29 is 21.6 Å². The van der Waals surface area contributed by atoms with Gasteiger partial charge in [0.15, 0.2) is 0 Å². The molecule has 0 saturated heterocycles. The van der Waals surface area contributed by atoms with Gasteiger partial charge in [0, 0.05) is 11.4 Å². The number of aromatic nitrogens is 1. The zero-order valence-corrected chi connectivity index (χ0v) is 21.9. The van der Waals surface area contributed by atoms with E-state index in [1.807, 2.05) is 40.7 Å². The van der Waals surface area contributed by atoms with Crippen LogP contribution >= 0.6 is 0 Å². The summed E-state index contributed by atoms with van der Waals surface area (Å²) < 4.78 is 70.1. The van der Waals surface area contributed by atoms with Crippen LogP contribution in [-0.4, -0.2) is 13.0 Å². The van der Waals surface area contributed by atoms with Gasteiger partial charge in [0.2, 0.25) is 9.84 Å². The highest BCUT2D eigenvalue weighted by atomic mass is 32.2. The van der Waals surface area contributed by atoms with E-state index in [2.05, 4.69) is 0 Å². The number of hydrogen-bond acceptors (Lipinski definition) is 3. The summed E-state index contributed by atoms with van der Waals surface area (Å²) in [5.74, 6) is -0.170. The Hall–Kier alpha value is -3.31. The van der Waals surface area contributed by atoms with Gasteiger partial charge in [-0.05, 0) is 59.7 Å². The summed E-state index contributed by atoms with van der Waals surface area (Å²) in [5, 5.41) is 9.87. The second kappa shape index (κ2) is 9.62. The van der Waals surface area contributed by atoms with Crippen molar-refractivity contribution in [3.8, 4) is 11.8 Å². The molecule has 1 aromatic heterocycles. The van der Waals surface area contributed by atoms with Gasteiger partial charge in [0.25, 0.3) is 0 Å². The molecule has 0 radical (unpaired) electrons. The first kappa shape index (κ1) is 27.3. The van der Waals surface area contributed by atoms with Crippen LogP contribution in [0, 0.1) is 18.3 Å². The first-order valence-electron chi connectivity index (χ1n) is 11.5. The van der Waals surface area contributed by atoms with Gasteiger partial charge >= 0.3 is 6.18 Å². The average Bonchev–Trinajstić information content (AvgIpc) is 3.12. The highest BCUT2D eigenvalue weighted by Crippen LogP contribution is 2.38. The van der Waals surface area contributed by atoms with Crippen LogP contribution in [0.5, 0.6) is 0 Å². The Kier molecular flexibility index (Phi) is 7.29. The molecule has 8 heteroatoms. The number of para-hydroxylation sites is 1. The van der Waals surface area contributed by atoms with Gasteiger partial charge < -0.3 is 4.57 Å². The molecule has 0 aliphatic carbocycles. The maximum atomic E-state index is 13.8. The van der Waals surface area contributed by atoms with Crippen LogP contribution in [0.3, 0.4) is 0 Å². The number of benzene rings is 2. The SMILES string of the molecule is Cc1c(/C=C(\C#N)S(=O)(=O)c2ccccc2C(C)(C)C)cc(C(C)C)n1-c1ccccc1C(F)(F)F. The van der Waals surface area contributed by atoms with Crippen LogP contribution in [0.2, 0.25) is 0 Å². The Balaban J connectivity index is 2.28. The quantitative estimate of drug-likeness (QED) is 0.330. The molecule has 4 nitrogen and oxygen atoms in total. The van der Waals surface area contributed by atoms with Gasteiger partial charge in [-0.3, -0.25) is 0 Å². The lowest BCUT2D eigenvalue weighted by Gasteiger charge is -2.22. The molecule has 0 amide bonds. The van der Waals surface area contributed by atoms with Crippen LogP contribution < -0.4 is 0 Å². The van der Waals surface area contributed by atoms with Crippen molar-refractivity contribution in [1.29, 1.82) is 5.26 Å². The largest absolute Gasteiger partial charge is 0.418 e. The fourth-order valence-electron chi connectivity index (χ4n) is 4.20. The minimum atomic E-state index is -4.57. The molecule has 190 valence electrons. The van der Waals surface area contributed by atoms with Crippen molar-refractivity contribution in [2.24, 2.45) is 0 Å². The number of allylic oxidation sites excluding steroid dienone is 1. The van der Waals surface area contributed by atoms with Crippen molar-refractivity contribution >= 4 is 15.9 Å². The number of rotatable bonds is 5. The third kappa shape index (κ3) is 5.12. The van der Waals surface area contributed by atoms with Crippen LogP contribution in [0.25, 0.3) is 11.8 Å². The molecule has 0 bridgehead atoms. The van der Waals surface area contributed by atoms with E-state index >= 15 is 0 Å². The zero-order valence-electron chi connectivity index (χ0n) is 21.1. The van der Waals surface area contributed by atoms with E-state index in [4.69, 9.17) is 0 Å². The lowest BCUT2D eigenvalue weighted by molar-refractivity contribution is -0.137. The standard InChI is InChI=1S/C28H29F3N2O2S/c1-18(2)25-16-20(19(3)33(25)24-13-9-7-11-22(24)28(29,30)31)15-21(17-32)36(34,35)26-14-10-8-12-23(26)27(4,5)6/h7-16,18H,1-6H3/b21-15+. The fourth-order valence-corrected chi connectivity index (χ4v) is 5.76. The van der Waals surface area contributed by atoms with E-state index in [-0.39, 0.29) is 16.5 Å². The fraction of sp³-hybridized carbons (Fsp3) is 0.321. The van der Waals surface area contributed by atoms with Crippen LogP contribution in [-0.2, 0) is 21.4 Å². The Morgan fingerprint density at radius 1 is 1.00 bits per heavy atom. The predicted octanol–water partition coefficient (Wildman–Crippen LogP) is 7.56. The van der Waals surface area contributed by atoms with Gasteiger partial charge in [-0.15, -0.1) is 0 Å². The molecule has 3 rings (SSSR count). The summed E-state index contributed by atoms with van der Waals surface area (Å²) in [7, 11) is -4.19. The summed E-state index contributed by atoms with van der Waals surface area (Å²) in [6.45, 7) is 11.0. The number of hydrogen-bond donors (Lipinski definition) is 0. The highest BCUT2D eigenvalue weighted by molar-refractivity contribution is 7.95. The Labute approximate surface area is 210 Å². The summed E-state index contributed by atoms with van der Waals surface area (Å²) in [4.78, 5) is -0.437. The number of sulfone groups is 1. The molecule has 0 saturated carbocycles. The lowest BCUT2D eigenvalue weighted by atomic mass is 9.87. The highest BCUT2D eigenvalue weighted by Gasteiger charge is 2.35. The lowest BCUT2D eigenvalue weighted by Crippen LogP contribution is -2.17. The smallest absolute Gasteiger partial charge is 0.317 e. The Morgan fingerprint density at radius 3 is 2.08 bits per heavy atom. The molecule has 3 aromatic rings. The Morgan fingerprint density at radius 2 is 1.56 bits per heavy atom. The van der Waals surface area contributed by atoms with Crippen molar-refractivity contribution in [2.75, 3.05) is 0 Å². The van der Waals surface area contributed by atoms with E-state index in [1.165, 1.54) is 34.9 Å². The average molecular weight is 515 g/mol. The number of halogens is 3. The maximum Gasteiger partial charge on any atom is 0.418 e. The third-order valence-electron chi connectivity index (χ3n) is 6.03. The van der Waals surface area contributed by atoms with E-state index in [1.54, 1.807) is 31.2 Å². The van der Waals surface area contributed by atoms with E-state index < -0.39 is 31.9 Å². The van der Waals surface area contributed by atoms with Crippen LogP contribution in [0.15, 0.2) is 64.4 Å². The minimum absolute atomic E-state index is 0.0360. The summed E-state index contributed by atoms with van der Waals surface area (Å²) in [5.41, 5.74) is 0.572. The number of nitriles is 1. The van der Waals surface area contributed by atoms with E-state index in [0.29, 0.717) is 22.5 Å². The Bertz CT molecular complexity index is 1470. The van der Waals surface area contributed by atoms with Gasteiger partial charge in [-0.25, -0.2) is 8.42 Å². The molecule has 0 fully saturated rings. The second-order valence-electron chi connectivity index (χ2n) is 9.98. The molecular weight excluding hydrogens is 485 g/mol. The predicted molar refractivity (Wildman–Crippen MR) is 136 cm³/mol.